The second kappa shape index (κ2) is 11.8. The molecule has 1 atom stereocenters. The smallest absolute Gasteiger partial charge is 0.324 e. The van der Waals surface area contributed by atoms with Gasteiger partial charge in [0, 0.05) is 25.2 Å². The van der Waals surface area contributed by atoms with Crippen molar-refractivity contribution in [3.05, 3.63) is 35.9 Å². The Bertz CT molecular complexity index is 726. The number of rotatable bonds is 6. The van der Waals surface area contributed by atoms with Gasteiger partial charge in [0.25, 0.3) is 0 Å². The van der Waals surface area contributed by atoms with Gasteiger partial charge in [0.15, 0.2) is 0 Å². The number of nitrogens with one attached hydrogen (secondary N) is 1. The van der Waals surface area contributed by atoms with Gasteiger partial charge in [0.05, 0.1) is 5.92 Å². The quantitative estimate of drug-likeness (QED) is 0.667. The summed E-state index contributed by atoms with van der Waals surface area (Å²) in [7, 11) is 0. The van der Waals surface area contributed by atoms with Crippen molar-refractivity contribution in [2.24, 2.45) is 5.92 Å². The molecule has 0 bridgehead atoms. The molecule has 0 radical (unpaired) electrons. The minimum Gasteiger partial charge on any atom is -0.335 e. The van der Waals surface area contributed by atoms with Crippen LogP contribution in [0.3, 0.4) is 0 Å². The van der Waals surface area contributed by atoms with Gasteiger partial charge in [-0.1, -0.05) is 68.9 Å². The van der Waals surface area contributed by atoms with Crippen LogP contribution in [0.5, 0.6) is 0 Å². The molecular weight excluding hydrogens is 398 g/mol. The lowest BCUT2D eigenvalue weighted by Crippen LogP contribution is -2.56. The fourth-order valence-corrected chi connectivity index (χ4v) is 5.86. The molecule has 2 saturated carbocycles. The summed E-state index contributed by atoms with van der Waals surface area (Å²) in [6, 6.07) is 10.8. The Morgan fingerprint density at radius 1 is 0.875 bits per heavy atom. The van der Waals surface area contributed by atoms with Crippen LogP contribution in [-0.2, 0) is 11.2 Å². The van der Waals surface area contributed by atoms with E-state index in [4.69, 9.17) is 0 Å². The fraction of sp³-hybridized carbons (Fsp3) is 0.704. The number of hydrogen-bond acceptors (Lipinski definition) is 3. The predicted octanol–water partition coefficient (Wildman–Crippen LogP) is 5.14. The summed E-state index contributed by atoms with van der Waals surface area (Å²) >= 11 is 0. The van der Waals surface area contributed by atoms with Crippen LogP contribution in [0.25, 0.3) is 0 Å². The van der Waals surface area contributed by atoms with Crippen molar-refractivity contribution < 1.29 is 9.59 Å². The number of nitrogens with zero attached hydrogens (tertiary/aromatic N) is 2. The summed E-state index contributed by atoms with van der Waals surface area (Å²) in [5, 5.41) is 3.25. The second-order valence-corrected chi connectivity index (χ2v) is 10.2. The van der Waals surface area contributed by atoms with E-state index in [1.54, 1.807) is 4.90 Å². The highest BCUT2D eigenvalue weighted by atomic mass is 16.2. The fourth-order valence-electron chi connectivity index (χ4n) is 5.86. The maximum absolute atomic E-state index is 13.7. The zero-order chi connectivity index (χ0) is 22.2. The molecule has 1 N–H and O–H groups in total. The zero-order valence-electron chi connectivity index (χ0n) is 19.6. The number of carbonyl (C=O) groups excluding carboxylic acids is 2. The van der Waals surface area contributed by atoms with E-state index in [-0.39, 0.29) is 29.9 Å². The lowest BCUT2D eigenvalue weighted by molar-refractivity contribution is -0.136. The molecule has 4 rings (SSSR count). The van der Waals surface area contributed by atoms with Gasteiger partial charge in [-0.15, -0.1) is 0 Å². The van der Waals surface area contributed by atoms with Crippen LogP contribution in [0.2, 0.25) is 0 Å². The highest BCUT2D eigenvalue weighted by Crippen LogP contribution is 2.27. The van der Waals surface area contributed by atoms with E-state index >= 15 is 0 Å². The van der Waals surface area contributed by atoms with Gasteiger partial charge < -0.3 is 10.2 Å². The van der Waals surface area contributed by atoms with Crippen molar-refractivity contribution in [3.8, 4) is 0 Å². The van der Waals surface area contributed by atoms with E-state index in [1.165, 1.54) is 31.2 Å². The van der Waals surface area contributed by atoms with Crippen LogP contribution in [0.15, 0.2) is 30.3 Å². The van der Waals surface area contributed by atoms with E-state index in [0.29, 0.717) is 0 Å². The Kier molecular flexibility index (Phi) is 8.61. The van der Waals surface area contributed by atoms with Gasteiger partial charge in [0.2, 0.25) is 5.91 Å². The molecule has 1 saturated heterocycles. The summed E-state index contributed by atoms with van der Waals surface area (Å²) in [5.74, 6) is 0.0215. The molecule has 0 aromatic heterocycles. The van der Waals surface area contributed by atoms with Crippen molar-refractivity contribution in [2.75, 3.05) is 19.6 Å². The molecule has 3 amide bonds. The monoisotopic (exact) mass is 439 g/mol. The molecular formula is C27H41N3O2. The van der Waals surface area contributed by atoms with E-state index in [0.717, 1.165) is 77.4 Å². The molecule has 1 heterocycles. The summed E-state index contributed by atoms with van der Waals surface area (Å²) in [4.78, 5) is 31.2. The van der Waals surface area contributed by atoms with Crippen LogP contribution in [0, 0.1) is 5.92 Å². The molecule has 5 nitrogen and oxygen atoms in total. The highest BCUT2D eigenvalue weighted by molar-refractivity contribution is 5.96. The predicted molar refractivity (Wildman–Crippen MR) is 128 cm³/mol. The molecule has 32 heavy (non-hydrogen) atoms. The third kappa shape index (κ3) is 6.34. The molecule has 5 heteroatoms. The number of likely N-dealkylation sites (tertiary alicyclic amines) is 1. The van der Waals surface area contributed by atoms with Crippen LogP contribution in [0.4, 0.5) is 4.79 Å². The SMILES string of the molecule is O=C(NC1CCCCC1)N(C(=O)C1CCCN(CCc2ccccc2)C1)C1CCCCC1. The third-order valence-electron chi connectivity index (χ3n) is 7.74. The summed E-state index contributed by atoms with van der Waals surface area (Å²) in [6.07, 6.45) is 14.1. The first-order chi connectivity index (χ1) is 15.7. The molecule has 1 aromatic carbocycles. The number of benzene rings is 1. The summed E-state index contributed by atoms with van der Waals surface area (Å²) < 4.78 is 0. The topological polar surface area (TPSA) is 52.7 Å². The average molecular weight is 440 g/mol. The molecule has 3 fully saturated rings. The number of urea groups is 1. The van der Waals surface area contributed by atoms with Gasteiger partial charge in [0.1, 0.15) is 0 Å². The summed E-state index contributed by atoms with van der Waals surface area (Å²) in [6.45, 7) is 2.81. The van der Waals surface area contributed by atoms with Crippen molar-refractivity contribution in [2.45, 2.75) is 95.6 Å². The van der Waals surface area contributed by atoms with Crippen LogP contribution >= 0.6 is 0 Å². The van der Waals surface area contributed by atoms with Crippen molar-refractivity contribution in [1.29, 1.82) is 0 Å². The minimum absolute atomic E-state index is 0.0569. The standard InChI is InChI=1S/C27H41N3O2/c31-26(23-13-10-19-29(21-23)20-18-22-11-4-1-5-12-22)30(25-16-8-3-9-17-25)27(32)28-24-14-6-2-7-15-24/h1,4-5,11-12,23-25H,2-3,6-10,13-21H2,(H,28,32). The third-order valence-corrected chi connectivity index (χ3v) is 7.74. The Balaban J connectivity index is 1.39. The van der Waals surface area contributed by atoms with Crippen LogP contribution < -0.4 is 5.32 Å². The number of carbonyl (C=O) groups is 2. The number of hydrogen-bond donors (Lipinski definition) is 1. The largest absolute Gasteiger partial charge is 0.335 e. The zero-order valence-corrected chi connectivity index (χ0v) is 19.6. The van der Waals surface area contributed by atoms with Crippen LogP contribution in [-0.4, -0.2) is 53.5 Å². The van der Waals surface area contributed by atoms with Gasteiger partial charge in [-0.2, -0.15) is 0 Å². The molecule has 0 spiro atoms. The minimum atomic E-state index is -0.116. The Hall–Kier alpha value is -1.88. The lowest BCUT2D eigenvalue weighted by atomic mass is 9.91. The first kappa shape index (κ1) is 23.3. The first-order valence-electron chi connectivity index (χ1n) is 13.1. The maximum Gasteiger partial charge on any atom is 0.324 e. The number of piperidine rings is 1. The van der Waals surface area contributed by atoms with Gasteiger partial charge in [-0.3, -0.25) is 9.69 Å². The Labute approximate surface area is 193 Å². The Morgan fingerprint density at radius 2 is 1.56 bits per heavy atom. The van der Waals surface area contributed by atoms with E-state index in [9.17, 15) is 9.59 Å². The molecule has 2 aliphatic carbocycles. The molecule has 3 aliphatic rings. The lowest BCUT2D eigenvalue weighted by Gasteiger charge is -2.39. The first-order valence-corrected chi connectivity index (χ1v) is 13.1. The summed E-state index contributed by atoms with van der Waals surface area (Å²) in [5.41, 5.74) is 1.34. The Morgan fingerprint density at radius 3 is 2.28 bits per heavy atom. The number of imide groups is 1. The molecule has 176 valence electrons. The van der Waals surface area contributed by atoms with Gasteiger partial charge in [-0.05, 0) is 57.1 Å². The second-order valence-electron chi connectivity index (χ2n) is 10.2. The molecule has 1 aromatic rings. The number of amides is 3. The van der Waals surface area contributed by atoms with Crippen LogP contribution in [0.1, 0.15) is 82.6 Å². The van der Waals surface area contributed by atoms with Gasteiger partial charge in [-0.25, -0.2) is 4.79 Å². The van der Waals surface area contributed by atoms with Gasteiger partial charge >= 0.3 is 6.03 Å². The van der Waals surface area contributed by atoms with Crippen molar-refractivity contribution >= 4 is 11.9 Å². The van der Waals surface area contributed by atoms with Crippen molar-refractivity contribution in [1.82, 2.24) is 15.1 Å². The van der Waals surface area contributed by atoms with E-state index in [2.05, 4.69) is 40.5 Å². The van der Waals surface area contributed by atoms with E-state index in [1.807, 2.05) is 0 Å². The normalized spacial score (nSPS) is 23.6. The maximum atomic E-state index is 13.7. The molecule has 1 unspecified atom stereocenters. The van der Waals surface area contributed by atoms with E-state index < -0.39 is 0 Å². The molecule has 1 aliphatic heterocycles. The van der Waals surface area contributed by atoms with Crippen molar-refractivity contribution in [3.63, 3.8) is 0 Å². The highest BCUT2D eigenvalue weighted by Gasteiger charge is 2.37. The average Bonchev–Trinajstić information content (AvgIpc) is 2.85.